The molecule has 2 heterocycles. The molecule has 0 unspecified atom stereocenters. The molecule has 0 aliphatic heterocycles. The molecular formula is C31H32F6N4O5. The van der Waals surface area contributed by atoms with Gasteiger partial charge in [0.25, 0.3) is 11.8 Å². The van der Waals surface area contributed by atoms with Crippen molar-refractivity contribution in [1.29, 1.82) is 0 Å². The van der Waals surface area contributed by atoms with Crippen LogP contribution in [0.15, 0.2) is 66.1 Å². The zero-order chi connectivity index (χ0) is 34.3. The maximum Gasteiger partial charge on any atom is 0.426 e. The number of Topliss-reactive ketones (excluding diaryl/α,β-unsaturated/α-hetero) is 1. The van der Waals surface area contributed by atoms with E-state index in [9.17, 15) is 35.9 Å². The number of ketones is 1. The number of unbranched alkanes of at least 4 members (excludes halogenated alkanes) is 1. The molecule has 1 N–H and O–H groups in total. The van der Waals surface area contributed by atoms with Crippen LogP contribution in [0.25, 0.3) is 11.6 Å². The third-order valence-electron chi connectivity index (χ3n) is 6.23. The van der Waals surface area contributed by atoms with Crippen LogP contribution < -0.4 is 5.32 Å². The summed E-state index contributed by atoms with van der Waals surface area (Å²) in [5, 5.41) is 9.26. The molecule has 15 heteroatoms. The van der Waals surface area contributed by atoms with E-state index < -0.39 is 82.9 Å². The maximum atomic E-state index is 14.7. The minimum absolute atomic E-state index is 0.146. The fourth-order valence-corrected chi connectivity index (χ4v) is 4.13. The molecule has 1 atom stereocenters. The molecule has 248 valence electrons. The van der Waals surface area contributed by atoms with Gasteiger partial charge in [-0.3, -0.25) is 10.1 Å². The highest BCUT2D eigenvalue weighted by atomic mass is 19.4. The van der Waals surface area contributed by atoms with Gasteiger partial charge in [-0.2, -0.15) is 26.3 Å². The second-order valence-corrected chi connectivity index (χ2v) is 11.0. The number of amides is 1. The van der Waals surface area contributed by atoms with Crippen LogP contribution in [0.4, 0.5) is 36.8 Å². The number of alkyl halides is 6. The number of carbonyl (C=O) groups excluding carboxylic acids is 2. The quantitative estimate of drug-likeness (QED) is 0.0843. The van der Waals surface area contributed by atoms with Gasteiger partial charge in [-0.1, -0.05) is 42.5 Å². The van der Waals surface area contributed by atoms with Gasteiger partial charge in [0.1, 0.15) is 11.3 Å². The number of aromatic nitrogens is 3. The van der Waals surface area contributed by atoms with Crippen LogP contribution in [0.3, 0.4) is 0 Å². The molecule has 0 aliphatic carbocycles. The van der Waals surface area contributed by atoms with Gasteiger partial charge >= 0.3 is 18.4 Å². The van der Waals surface area contributed by atoms with Gasteiger partial charge in [0.15, 0.2) is 11.5 Å². The summed E-state index contributed by atoms with van der Waals surface area (Å²) in [4.78, 5) is 29.4. The Hall–Kier alpha value is -4.53. The molecule has 0 fully saturated rings. The summed E-state index contributed by atoms with van der Waals surface area (Å²) < 4.78 is 103. The molecular weight excluding hydrogens is 622 g/mol. The van der Waals surface area contributed by atoms with Crippen molar-refractivity contribution in [1.82, 2.24) is 15.2 Å². The lowest BCUT2D eigenvalue weighted by atomic mass is 9.98. The van der Waals surface area contributed by atoms with Crippen LogP contribution in [-0.4, -0.2) is 38.8 Å². The van der Waals surface area contributed by atoms with Crippen molar-refractivity contribution in [3.63, 3.8) is 0 Å². The van der Waals surface area contributed by atoms with Crippen molar-refractivity contribution in [2.45, 2.75) is 76.6 Å². The molecule has 0 bridgehead atoms. The van der Waals surface area contributed by atoms with Crippen molar-refractivity contribution < 1.29 is 49.8 Å². The normalized spacial score (nSPS) is 13.5. The van der Waals surface area contributed by atoms with E-state index in [1.807, 2.05) is 0 Å². The second kappa shape index (κ2) is 14.3. The number of allylic oxidation sites excluding steroid dienone is 1. The average molecular weight is 655 g/mol. The largest absolute Gasteiger partial charge is 0.444 e. The Morgan fingerprint density at radius 2 is 1.67 bits per heavy atom. The number of rotatable bonds is 13. The highest BCUT2D eigenvalue weighted by molar-refractivity contribution is 5.98. The number of pyridine rings is 1. The Morgan fingerprint density at radius 3 is 2.24 bits per heavy atom. The lowest BCUT2D eigenvalue weighted by molar-refractivity contribution is -0.295. The predicted molar refractivity (Wildman–Crippen MR) is 155 cm³/mol. The Balaban J connectivity index is 2.22. The fraction of sp³-hybridized carbons (Fsp3) is 0.387. The van der Waals surface area contributed by atoms with Gasteiger partial charge in [0, 0.05) is 12.8 Å². The molecule has 9 nitrogen and oxygen atoms in total. The van der Waals surface area contributed by atoms with E-state index in [-0.39, 0.29) is 12.8 Å². The summed E-state index contributed by atoms with van der Waals surface area (Å²) in [7, 11) is 0. The summed E-state index contributed by atoms with van der Waals surface area (Å²) in [5.74, 6) is -2.98. The highest BCUT2D eigenvalue weighted by Crippen LogP contribution is 2.46. The number of benzene rings is 1. The highest BCUT2D eigenvalue weighted by Gasteiger charge is 2.61. The molecule has 0 radical (unpaired) electrons. The Bertz CT molecular complexity index is 1550. The number of carbonyl (C=O) groups is 2. The van der Waals surface area contributed by atoms with Crippen molar-refractivity contribution >= 4 is 17.6 Å². The van der Waals surface area contributed by atoms with Crippen LogP contribution in [-0.2, 0) is 27.9 Å². The van der Waals surface area contributed by atoms with Crippen LogP contribution in [0.1, 0.15) is 74.0 Å². The summed E-state index contributed by atoms with van der Waals surface area (Å²) >= 11 is 0. The summed E-state index contributed by atoms with van der Waals surface area (Å²) in [5.41, 5.74) is -7.93. The molecule has 3 rings (SSSR count). The van der Waals surface area contributed by atoms with Crippen molar-refractivity contribution in [3.05, 3.63) is 84.4 Å². The van der Waals surface area contributed by atoms with Crippen LogP contribution in [0, 0.1) is 0 Å². The summed E-state index contributed by atoms with van der Waals surface area (Å²) in [6.45, 7) is 10.8. The lowest BCUT2D eigenvalue weighted by Gasteiger charge is -2.31. The van der Waals surface area contributed by atoms with E-state index in [1.54, 1.807) is 18.2 Å². The van der Waals surface area contributed by atoms with Crippen LogP contribution >= 0.6 is 0 Å². The van der Waals surface area contributed by atoms with Gasteiger partial charge in [-0.15, -0.1) is 23.4 Å². The third kappa shape index (κ3) is 8.80. The maximum absolute atomic E-state index is 14.7. The van der Waals surface area contributed by atoms with E-state index in [0.717, 1.165) is 6.08 Å². The van der Waals surface area contributed by atoms with Crippen LogP contribution in [0.2, 0.25) is 0 Å². The standard InChI is InChI=1S/C31H32F6N4O5/c1-6-8-10-15-22(42)23-20(30(32,33)34)17-21(38-27(43)46-28(3,4)5)24(39-23)25-40-41-26(45-25)29(16-7-2,31(35,36)37)44-18-19-13-11-9-12-14-19/h6-7,9,11-14,17H,1-2,8,10,15-16,18H2,3-5H3,(H,38,43)/t29-/m1/s1. The number of hydrogen-bond acceptors (Lipinski definition) is 8. The zero-order valence-corrected chi connectivity index (χ0v) is 25.2. The first kappa shape index (κ1) is 35.9. The molecule has 0 aliphatic rings. The van der Waals surface area contributed by atoms with E-state index in [1.165, 1.54) is 39.0 Å². The van der Waals surface area contributed by atoms with E-state index in [0.29, 0.717) is 18.1 Å². The summed E-state index contributed by atoms with van der Waals surface area (Å²) in [6, 6.07) is 8.32. The second-order valence-electron chi connectivity index (χ2n) is 11.0. The molecule has 0 spiro atoms. The number of anilines is 1. The first-order valence-electron chi connectivity index (χ1n) is 13.9. The Labute approximate surface area is 260 Å². The van der Waals surface area contributed by atoms with Gasteiger partial charge < -0.3 is 13.9 Å². The molecule has 2 aromatic heterocycles. The van der Waals surface area contributed by atoms with E-state index in [4.69, 9.17) is 13.9 Å². The van der Waals surface area contributed by atoms with Crippen molar-refractivity contribution in [2.75, 3.05) is 5.32 Å². The van der Waals surface area contributed by atoms with Gasteiger partial charge in [0.05, 0.1) is 17.9 Å². The average Bonchev–Trinajstić information content (AvgIpc) is 3.44. The number of nitrogens with zero attached hydrogens (tertiary/aromatic N) is 3. The monoisotopic (exact) mass is 654 g/mol. The third-order valence-corrected chi connectivity index (χ3v) is 6.23. The first-order chi connectivity index (χ1) is 21.4. The van der Waals surface area contributed by atoms with Crippen molar-refractivity contribution in [3.8, 4) is 11.6 Å². The Morgan fingerprint density at radius 1 is 1.00 bits per heavy atom. The predicted octanol–water partition coefficient (Wildman–Crippen LogP) is 8.59. The molecule has 1 aromatic carbocycles. The minimum Gasteiger partial charge on any atom is -0.444 e. The van der Waals surface area contributed by atoms with E-state index in [2.05, 4.69) is 33.7 Å². The van der Waals surface area contributed by atoms with Crippen molar-refractivity contribution in [2.24, 2.45) is 0 Å². The zero-order valence-electron chi connectivity index (χ0n) is 25.2. The van der Waals surface area contributed by atoms with E-state index >= 15 is 0 Å². The lowest BCUT2D eigenvalue weighted by Crippen LogP contribution is -2.45. The SMILES string of the molecule is C=CCCCC(=O)c1nc(-c2nnc([C@@](CC=C)(OCc3ccccc3)C(F)(F)F)o2)c(NC(=O)OC(C)(C)C)cc1C(F)(F)F. The number of ether oxygens (including phenoxy) is 2. The first-order valence-corrected chi connectivity index (χ1v) is 13.9. The summed E-state index contributed by atoms with van der Waals surface area (Å²) in [6.07, 6.45) is -9.89. The molecule has 3 aromatic rings. The molecule has 1 amide bonds. The molecule has 46 heavy (non-hydrogen) atoms. The van der Waals surface area contributed by atoms with Gasteiger partial charge in [0.2, 0.25) is 5.60 Å². The van der Waals surface area contributed by atoms with Crippen LogP contribution in [0.5, 0.6) is 0 Å². The number of hydrogen-bond donors (Lipinski definition) is 1. The van der Waals surface area contributed by atoms with Gasteiger partial charge in [-0.05, 0) is 45.2 Å². The number of halogens is 6. The molecule has 0 saturated heterocycles. The van der Waals surface area contributed by atoms with Gasteiger partial charge in [-0.25, -0.2) is 9.78 Å². The fourth-order valence-electron chi connectivity index (χ4n) is 4.13. The smallest absolute Gasteiger partial charge is 0.426 e. The number of nitrogens with one attached hydrogen (secondary N) is 1. The molecule has 0 saturated carbocycles. The minimum atomic E-state index is -5.16. The topological polar surface area (TPSA) is 116 Å². The Kier molecular flexibility index (Phi) is 11.2.